The molecule has 2 aromatic carbocycles. The zero-order chi connectivity index (χ0) is 21.5. The minimum absolute atomic E-state index is 0.144. The third-order valence-corrected chi connectivity index (χ3v) is 3.54. The smallest absolute Gasteiger partial charge is 0.368 e. The first kappa shape index (κ1) is 23.6. The normalized spacial score (nSPS) is 12.6. The molecule has 2 aromatic rings. The lowest BCUT2D eigenvalue weighted by atomic mass is 9.98. The second-order valence-corrected chi connectivity index (χ2v) is 7.44. The number of hydrogen-bond acceptors (Lipinski definition) is 4. The molecule has 0 aliphatic carbocycles. The fourth-order valence-corrected chi connectivity index (χ4v) is 2.16. The van der Waals surface area contributed by atoms with Gasteiger partial charge < -0.3 is 11.1 Å². The van der Waals surface area contributed by atoms with Crippen molar-refractivity contribution >= 4 is 16.0 Å². The first-order chi connectivity index (χ1) is 12.8. The summed E-state index contributed by atoms with van der Waals surface area (Å²) in [6.07, 6.45) is -3.68. The monoisotopic (exact) mass is 418 g/mol. The Balaban J connectivity index is 0.000000696. The quantitative estimate of drug-likeness (QED) is 0.647. The Kier molecular flexibility index (Phi) is 8.15. The summed E-state index contributed by atoms with van der Waals surface area (Å²) in [5, 5.41) is 2.94. The van der Waals surface area contributed by atoms with Crippen molar-refractivity contribution in [3.8, 4) is 11.1 Å². The first-order valence-electron chi connectivity index (χ1n) is 7.99. The number of carbonyl (C=O) groups excluding carboxylic acids is 1. The van der Waals surface area contributed by atoms with Crippen LogP contribution in [0.2, 0.25) is 0 Å². The summed E-state index contributed by atoms with van der Waals surface area (Å²) < 4.78 is 65.0. The molecule has 0 aliphatic heterocycles. The highest BCUT2D eigenvalue weighted by Crippen LogP contribution is 2.36. The standard InChI is InChI=1S/C17H17F3N2O.CH4O3S/c1-11(16(21)23)22-10-12-6-8-13(9-7-12)14-4-2-3-5-15(14)17(18,19)20;1-5(2,3)4/h2-9,11,22H,10H2,1H3,(H2,21,23);1H3,(H,2,3,4)/t11-;/m0./s1. The second kappa shape index (κ2) is 9.67. The van der Waals surface area contributed by atoms with Crippen molar-refractivity contribution in [2.75, 3.05) is 6.26 Å². The molecule has 0 radical (unpaired) electrons. The van der Waals surface area contributed by atoms with E-state index in [1.54, 1.807) is 37.3 Å². The van der Waals surface area contributed by atoms with E-state index in [9.17, 15) is 26.4 Å². The van der Waals surface area contributed by atoms with Gasteiger partial charge in [-0.3, -0.25) is 9.35 Å². The molecule has 154 valence electrons. The van der Waals surface area contributed by atoms with Gasteiger partial charge in [0.1, 0.15) is 0 Å². The van der Waals surface area contributed by atoms with Crippen LogP contribution < -0.4 is 11.1 Å². The van der Waals surface area contributed by atoms with Crippen molar-refractivity contribution in [2.24, 2.45) is 5.73 Å². The van der Waals surface area contributed by atoms with E-state index in [4.69, 9.17) is 10.3 Å². The third-order valence-electron chi connectivity index (χ3n) is 3.54. The molecule has 0 aromatic heterocycles. The van der Waals surface area contributed by atoms with Crippen molar-refractivity contribution < 1.29 is 30.9 Å². The Labute approximate surface area is 161 Å². The highest BCUT2D eigenvalue weighted by atomic mass is 32.2. The SMILES string of the molecule is CS(=O)(=O)O.C[C@H](NCc1ccc(-c2ccccc2C(F)(F)F)cc1)C(N)=O. The van der Waals surface area contributed by atoms with E-state index in [2.05, 4.69) is 5.32 Å². The molecule has 2 rings (SSSR count). The summed E-state index contributed by atoms with van der Waals surface area (Å²) in [5.74, 6) is -0.458. The molecule has 1 amide bonds. The van der Waals surface area contributed by atoms with Crippen LogP contribution in [0.5, 0.6) is 0 Å². The Morgan fingerprint density at radius 1 is 1.14 bits per heavy atom. The van der Waals surface area contributed by atoms with Gasteiger partial charge in [-0.1, -0.05) is 42.5 Å². The van der Waals surface area contributed by atoms with Crippen LogP contribution in [0.15, 0.2) is 48.5 Å². The number of amides is 1. The predicted octanol–water partition coefficient (Wildman–Crippen LogP) is 2.84. The Morgan fingerprint density at radius 3 is 2.11 bits per heavy atom. The largest absolute Gasteiger partial charge is 0.417 e. The maximum Gasteiger partial charge on any atom is 0.417 e. The Morgan fingerprint density at radius 2 is 1.64 bits per heavy atom. The van der Waals surface area contributed by atoms with E-state index in [1.165, 1.54) is 12.1 Å². The fraction of sp³-hybridized carbons (Fsp3) is 0.278. The molecule has 0 unspecified atom stereocenters. The van der Waals surface area contributed by atoms with Gasteiger partial charge in [0.15, 0.2) is 0 Å². The van der Waals surface area contributed by atoms with Gasteiger partial charge in [-0.25, -0.2) is 0 Å². The lowest BCUT2D eigenvalue weighted by Crippen LogP contribution is -2.38. The summed E-state index contributed by atoms with van der Waals surface area (Å²) in [6, 6.07) is 11.7. The van der Waals surface area contributed by atoms with E-state index >= 15 is 0 Å². The van der Waals surface area contributed by atoms with Crippen molar-refractivity contribution in [3.05, 3.63) is 59.7 Å². The summed E-state index contributed by atoms with van der Waals surface area (Å²) >= 11 is 0. The van der Waals surface area contributed by atoms with Crippen LogP contribution in [-0.2, 0) is 27.6 Å². The molecule has 0 saturated carbocycles. The fourth-order valence-electron chi connectivity index (χ4n) is 2.16. The average Bonchev–Trinajstić information content (AvgIpc) is 2.58. The van der Waals surface area contributed by atoms with E-state index < -0.39 is 33.8 Å². The summed E-state index contributed by atoms with van der Waals surface area (Å²) in [6.45, 7) is 2.06. The average molecular weight is 418 g/mol. The molecule has 0 heterocycles. The molecule has 4 N–H and O–H groups in total. The Hall–Kier alpha value is -2.43. The number of nitrogens with one attached hydrogen (secondary N) is 1. The van der Waals surface area contributed by atoms with Crippen molar-refractivity contribution in [3.63, 3.8) is 0 Å². The highest BCUT2D eigenvalue weighted by molar-refractivity contribution is 7.85. The number of nitrogens with two attached hydrogens (primary N) is 1. The van der Waals surface area contributed by atoms with E-state index in [1.807, 2.05) is 0 Å². The second-order valence-electron chi connectivity index (χ2n) is 5.98. The third kappa shape index (κ3) is 8.51. The predicted molar refractivity (Wildman–Crippen MR) is 99.8 cm³/mol. The van der Waals surface area contributed by atoms with Gasteiger partial charge in [0, 0.05) is 6.54 Å². The van der Waals surface area contributed by atoms with Crippen LogP contribution >= 0.6 is 0 Å². The molecule has 10 heteroatoms. The lowest BCUT2D eigenvalue weighted by Gasteiger charge is -2.14. The highest BCUT2D eigenvalue weighted by Gasteiger charge is 2.33. The van der Waals surface area contributed by atoms with Crippen molar-refractivity contribution in [1.82, 2.24) is 5.32 Å². The molecule has 0 saturated heterocycles. The molecule has 1 atom stereocenters. The molecule has 28 heavy (non-hydrogen) atoms. The molecular formula is C18H21F3N2O4S. The van der Waals surface area contributed by atoms with Crippen LogP contribution in [0.1, 0.15) is 18.1 Å². The zero-order valence-electron chi connectivity index (χ0n) is 15.2. The van der Waals surface area contributed by atoms with E-state index in [0.29, 0.717) is 18.4 Å². The van der Waals surface area contributed by atoms with Gasteiger partial charge in [0.05, 0.1) is 17.9 Å². The van der Waals surface area contributed by atoms with Crippen LogP contribution in [0.25, 0.3) is 11.1 Å². The minimum atomic E-state index is -4.40. The van der Waals surface area contributed by atoms with Crippen LogP contribution in [0.3, 0.4) is 0 Å². The maximum absolute atomic E-state index is 13.0. The van der Waals surface area contributed by atoms with E-state index in [0.717, 1.165) is 11.6 Å². The molecule has 0 bridgehead atoms. The van der Waals surface area contributed by atoms with Gasteiger partial charge in [0.25, 0.3) is 10.1 Å². The minimum Gasteiger partial charge on any atom is -0.368 e. The Bertz CT molecular complexity index is 890. The number of hydrogen-bond donors (Lipinski definition) is 3. The molecule has 6 nitrogen and oxygen atoms in total. The number of benzene rings is 2. The molecule has 0 aliphatic rings. The summed E-state index contributed by atoms with van der Waals surface area (Å²) in [4.78, 5) is 10.9. The van der Waals surface area contributed by atoms with Crippen LogP contribution in [0.4, 0.5) is 13.2 Å². The number of carbonyl (C=O) groups is 1. The first-order valence-corrected chi connectivity index (χ1v) is 9.84. The van der Waals surface area contributed by atoms with E-state index in [-0.39, 0.29) is 5.56 Å². The van der Waals surface area contributed by atoms with Crippen molar-refractivity contribution in [2.45, 2.75) is 25.7 Å². The van der Waals surface area contributed by atoms with Gasteiger partial charge in [0.2, 0.25) is 5.91 Å². The number of alkyl halides is 3. The maximum atomic E-state index is 13.0. The number of halogens is 3. The number of primary amides is 1. The van der Waals surface area contributed by atoms with Gasteiger partial charge >= 0.3 is 6.18 Å². The summed E-state index contributed by atoms with van der Waals surface area (Å²) in [7, 11) is -3.67. The van der Waals surface area contributed by atoms with Crippen molar-refractivity contribution in [1.29, 1.82) is 0 Å². The van der Waals surface area contributed by atoms with Crippen LogP contribution in [0, 0.1) is 0 Å². The topological polar surface area (TPSA) is 109 Å². The summed E-state index contributed by atoms with van der Waals surface area (Å²) in [5.41, 5.74) is 5.98. The van der Waals surface area contributed by atoms with Gasteiger partial charge in [-0.15, -0.1) is 0 Å². The zero-order valence-corrected chi connectivity index (χ0v) is 16.0. The van der Waals surface area contributed by atoms with Gasteiger partial charge in [-0.2, -0.15) is 21.6 Å². The lowest BCUT2D eigenvalue weighted by molar-refractivity contribution is -0.137. The molecule has 0 fully saturated rings. The molecule has 0 spiro atoms. The van der Waals surface area contributed by atoms with Gasteiger partial charge in [-0.05, 0) is 29.7 Å². The van der Waals surface area contributed by atoms with Crippen LogP contribution in [-0.4, -0.2) is 31.2 Å². The molecular weight excluding hydrogens is 397 g/mol. The number of rotatable bonds is 5.